The molecule has 1 amide bonds. The van der Waals surface area contributed by atoms with Crippen molar-refractivity contribution in [2.24, 2.45) is 5.41 Å². The first kappa shape index (κ1) is 29.3. The monoisotopic (exact) mass is 502 g/mol. The van der Waals surface area contributed by atoms with Gasteiger partial charge in [0, 0.05) is 18.5 Å². The summed E-state index contributed by atoms with van der Waals surface area (Å²) in [4.78, 5) is 26.5. The lowest BCUT2D eigenvalue weighted by Crippen LogP contribution is -2.34. The predicted molar refractivity (Wildman–Crippen MR) is 140 cm³/mol. The Bertz CT molecular complexity index is 946. The van der Waals surface area contributed by atoms with Gasteiger partial charge in [-0.3, -0.25) is 10.1 Å². The van der Waals surface area contributed by atoms with Crippen molar-refractivity contribution < 1.29 is 23.9 Å². The summed E-state index contributed by atoms with van der Waals surface area (Å²) < 4.78 is 16.9. The van der Waals surface area contributed by atoms with E-state index in [-0.39, 0.29) is 29.2 Å². The largest absolute Gasteiger partial charge is 0.453 e. The molecule has 1 aromatic carbocycles. The van der Waals surface area contributed by atoms with Gasteiger partial charge >= 0.3 is 6.09 Å². The van der Waals surface area contributed by atoms with E-state index in [9.17, 15) is 14.9 Å². The van der Waals surface area contributed by atoms with Crippen LogP contribution in [0.3, 0.4) is 0 Å². The maximum atomic E-state index is 13.2. The fourth-order valence-corrected chi connectivity index (χ4v) is 4.02. The van der Waals surface area contributed by atoms with E-state index in [1.807, 2.05) is 20.8 Å². The molecule has 1 heterocycles. The van der Waals surface area contributed by atoms with Crippen LogP contribution < -0.4 is 9.47 Å². The molecule has 8 nitrogen and oxygen atoms in total. The lowest BCUT2D eigenvalue weighted by atomic mass is 9.94. The van der Waals surface area contributed by atoms with Crippen LogP contribution in [0.2, 0.25) is 0 Å². The van der Waals surface area contributed by atoms with Gasteiger partial charge in [-0.1, -0.05) is 64.2 Å². The lowest BCUT2D eigenvalue weighted by molar-refractivity contribution is -0.386. The molecule has 1 aromatic rings. The molecule has 1 unspecified atom stereocenters. The summed E-state index contributed by atoms with van der Waals surface area (Å²) in [5.41, 5.74) is 0.0212. The first-order valence-corrected chi connectivity index (χ1v) is 13.2. The standard InChI is InChI=1S/C28H42N2O6/c1-7-9-11-13-17-29(18-14-12-10-8-2)27(31)36-21(3)25-22(15-16-28(4,5)6)26-24(34-20-35-26)19-23(25)30(32)33/h19,21H,7-14,17-18,20H2,1-6H3. The smallest absolute Gasteiger partial charge is 0.410 e. The third-order valence-electron chi connectivity index (χ3n) is 5.95. The molecule has 1 aliphatic rings. The van der Waals surface area contributed by atoms with Gasteiger partial charge in [0.2, 0.25) is 6.79 Å². The van der Waals surface area contributed by atoms with Gasteiger partial charge < -0.3 is 19.1 Å². The maximum absolute atomic E-state index is 13.2. The normalized spacial score (nSPS) is 13.1. The van der Waals surface area contributed by atoms with Gasteiger partial charge in [0.1, 0.15) is 6.10 Å². The number of nitro groups is 1. The third-order valence-corrected chi connectivity index (χ3v) is 5.95. The zero-order valence-electron chi connectivity index (χ0n) is 22.8. The quantitative estimate of drug-likeness (QED) is 0.121. The number of carbonyl (C=O) groups excluding carboxylic acids is 1. The highest BCUT2D eigenvalue weighted by atomic mass is 16.7. The molecule has 0 aromatic heterocycles. The first-order chi connectivity index (χ1) is 17.1. The Labute approximate surface area is 215 Å². The number of fused-ring (bicyclic) bond motifs is 1. The number of nitrogens with zero attached hydrogens (tertiary/aromatic N) is 2. The molecule has 0 aliphatic carbocycles. The van der Waals surface area contributed by atoms with Crippen LogP contribution in [-0.2, 0) is 4.74 Å². The fourth-order valence-electron chi connectivity index (χ4n) is 4.02. The SMILES string of the molecule is CCCCCCN(CCCCCC)C(=O)OC(C)c1c([N+](=O)[O-])cc2c(c1C#CC(C)(C)C)OCO2. The van der Waals surface area contributed by atoms with Crippen LogP contribution in [0.4, 0.5) is 10.5 Å². The van der Waals surface area contributed by atoms with Crippen LogP contribution in [0.25, 0.3) is 0 Å². The van der Waals surface area contributed by atoms with Crippen LogP contribution in [0, 0.1) is 27.4 Å². The molecule has 0 bridgehead atoms. The first-order valence-electron chi connectivity index (χ1n) is 13.2. The number of benzene rings is 1. The average Bonchev–Trinajstić information content (AvgIpc) is 3.28. The van der Waals surface area contributed by atoms with Gasteiger partial charge in [0.25, 0.3) is 5.69 Å². The molecular formula is C28H42N2O6. The van der Waals surface area contributed by atoms with Crippen molar-refractivity contribution >= 4 is 11.8 Å². The summed E-state index contributed by atoms with van der Waals surface area (Å²) in [6.45, 7) is 13.0. The van der Waals surface area contributed by atoms with Crippen LogP contribution in [0.15, 0.2) is 6.07 Å². The molecule has 0 N–H and O–H groups in total. The zero-order chi connectivity index (χ0) is 26.7. The highest BCUT2D eigenvalue weighted by Crippen LogP contribution is 2.45. The van der Waals surface area contributed by atoms with Crippen molar-refractivity contribution in [2.75, 3.05) is 19.9 Å². The van der Waals surface area contributed by atoms with E-state index in [0.717, 1.165) is 51.4 Å². The minimum Gasteiger partial charge on any atom is -0.453 e. The summed E-state index contributed by atoms with van der Waals surface area (Å²) in [7, 11) is 0. The topological polar surface area (TPSA) is 91.1 Å². The van der Waals surface area contributed by atoms with Crippen LogP contribution in [0.5, 0.6) is 11.5 Å². The third kappa shape index (κ3) is 8.61. The number of hydrogen-bond donors (Lipinski definition) is 0. The van der Waals surface area contributed by atoms with E-state index < -0.39 is 17.1 Å². The maximum Gasteiger partial charge on any atom is 0.410 e. The number of ether oxygens (including phenoxy) is 3. The summed E-state index contributed by atoms with van der Waals surface area (Å²) in [6.07, 6.45) is 7.00. The van der Waals surface area contributed by atoms with E-state index in [4.69, 9.17) is 14.2 Å². The van der Waals surface area contributed by atoms with Crippen molar-refractivity contribution in [1.29, 1.82) is 0 Å². The highest BCUT2D eigenvalue weighted by Gasteiger charge is 2.34. The van der Waals surface area contributed by atoms with Gasteiger partial charge in [-0.05, 0) is 40.5 Å². The second-order valence-electron chi connectivity index (χ2n) is 10.3. The van der Waals surface area contributed by atoms with Crippen molar-refractivity contribution in [1.82, 2.24) is 4.90 Å². The Morgan fingerprint density at radius 1 is 1.11 bits per heavy atom. The molecule has 1 atom stereocenters. The van der Waals surface area contributed by atoms with Gasteiger partial charge in [0.05, 0.1) is 22.1 Å². The molecule has 36 heavy (non-hydrogen) atoms. The molecule has 1 aliphatic heterocycles. The number of amides is 1. The summed E-state index contributed by atoms with van der Waals surface area (Å²) in [5.74, 6) is 6.82. The lowest BCUT2D eigenvalue weighted by Gasteiger charge is -2.25. The number of unbranched alkanes of at least 4 members (excludes halogenated alkanes) is 6. The van der Waals surface area contributed by atoms with Crippen LogP contribution in [-0.4, -0.2) is 35.8 Å². The Morgan fingerprint density at radius 2 is 1.72 bits per heavy atom. The summed E-state index contributed by atoms with van der Waals surface area (Å²) in [6, 6.07) is 1.33. The predicted octanol–water partition coefficient (Wildman–Crippen LogP) is 7.38. The summed E-state index contributed by atoms with van der Waals surface area (Å²) >= 11 is 0. The van der Waals surface area contributed by atoms with Gasteiger partial charge in [0.15, 0.2) is 11.5 Å². The molecular weight excluding hydrogens is 460 g/mol. The fraction of sp³-hybridized carbons (Fsp3) is 0.679. The Hall–Kier alpha value is -2.95. The van der Waals surface area contributed by atoms with E-state index in [0.29, 0.717) is 24.4 Å². The van der Waals surface area contributed by atoms with E-state index in [1.54, 1.807) is 11.8 Å². The van der Waals surface area contributed by atoms with E-state index in [1.165, 1.54) is 6.07 Å². The molecule has 0 saturated carbocycles. The van der Waals surface area contributed by atoms with E-state index >= 15 is 0 Å². The van der Waals surface area contributed by atoms with Gasteiger partial charge in [-0.2, -0.15) is 0 Å². The Kier molecular flexibility index (Phi) is 11.4. The minimum absolute atomic E-state index is 0.0440. The summed E-state index contributed by atoms with van der Waals surface area (Å²) in [5, 5.41) is 12.0. The van der Waals surface area contributed by atoms with E-state index in [2.05, 4.69) is 25.7 Å². The molecule has 0 fully saturated rings. The van der Waals surface area contributed by atoms with Gasteiger partial charge in [-0.15, -0.1) is 0 Å². The van der Waals surface area contributed by atoms with Crippen molar-refractivity contribution in [3.63, 3.8) is 0 Å². The number of rotatable bonds is 13. The second kappa shape index (κ2) is 14.0. The second-order valence-corrected chi connectivity index (χ2v) is 10.3. The van der Waals surface area contributed by atoms with Crippen molar-refractivity contribution in [3.05, 3.63) is 27.3 Å². The van der Waals surface area contributed by atoms with Crippen molar-refractivity contribution in [3.8, 4) is 23.3 Å². The van der Waals surface area contributed by atoms with Crippen molar-refractivity contribution in [2.45, 2.75) is 99.0 Å². The van der Waals surface area contributed by atoms with Crippen LogP contribution in [0.1, 0.15) is 110 Å². The molecule has 0 saturated heterocycles. The Balaban J connectivity index is 2.36. The zero-order valence-corrected chi connectivity index (χ0v) is 22.8. The molecule has 2 rings (SSSR count). The number of nitro benzene ring substituents is 1. The molecule has 200 valence electrons. The molecule has 0 spiro atoms. The number of carbonyl (C=O) groups is 1. The number of hydrogen-bond acceptors (Lipinski definition) is 6. The van der Waals surface area contributed by atoms with Gasteiger partial charge in [-0.25, -0.2) is 4.79 Å². The van der Waals surface area contributed by atoms with Crippen LogP contribution >= 0.6 is 0 Å². The molecule has 0 radical (unpaired) electrons. The highest BCUT2D eigenvalue weighted by molar-refractivity contribution is 5.71. The minimum atomic E-state index is -0.898. The molecule has 8 heteroatoms. The Morgan fingerprint density at radius 3 is 2.25 bits per heavy atom. The average molecular weight is 503 g/mol.